The number of ether oxygens (including phenoxy) is 3. The molecule has 0 radical (unpaired) electrons. The van der Waals surface area contributed by atoms with Gasteiger partial charge in [0.25, 0.3) is 5.91 Å². The highest BCUT2D eigenvalue weighted by Crippen LogP contribution is 2.28. The molecule has 1 heterocycles. The lowest BCUT2D eigenvalue weighted by atomic mass is 10.1. The Hall–Kier alpha value is -2.57. The molecule has 2 aliphatic rings. The van der Waals surface area contributed by atoms with Crippen molar-refractivity contribution in [2.75, 3.05) is 40.5 Å². The van der Waals surface area contributed by atoms with E-state index in [2.05, 4.69) is 15.9 Å². The quantitative estimate of drug-likeness (QED) is 0.624. The second kappa shape index (κ2) is 10.8. The van der Waals surface area contributed by atoms with E-state index in [1.54, 1.807) is 14.2 Å². The number of hydrogen-bond acceptors (Lipinski definition) is 5. The molecule has 4 rings (SSSR count). The highest BCUT2D eigenvalue weighted by atomic mass is 16.5. The van der Waals surface area contributed by atoms with Gasteiger partial charge in [-0.25, -0.2) is 0 Å². The maximum Gasteiger partial charge on any atom is 0.254 e. The van der Waals surface area contributed by atoms with E-state index in [1.807, 2.05) is 42.5 Å². The van der Waals surface area contributed by atoms with E-state index in [1.165, 1.54) is 12.8 Å². The van der Waals surface area contributed by atoms with Crippen molar-refractivity contribution in [2.24, 2.45) is 0 Å². The molecule has 172 valence electrons. The second-order valence-corrected chi connectivity index (χ2v) is 8.67. The molecule has 2 aromatic carbocycles. The van der Waals surface area contributed by atoms with Gasteiger partial charge in [0.15, 0.2) is 0 Å². The van der Waals surface area contributed by atoms with Crippen LogP contribution in [0.5, 0.6) is 11.5 Å². The van der Waals surface area contributed by atoms with Crippen LogP contribution in [-0.2, 0) is 11.3 Å². The third kappa shape index (κ3) is 5.43. The zero-order chi connectivity index (χ0) is 22.3. The molecular weight excluding hydrogens is 404 g/mol. The zero-order valence-electron chi connectivity index (χ0n) is 19.2. The summed E-state index contributed by atoms with van der Waals surface area (Å²) in [7, 11) is 3.35. The first kappa shape index (κ1) is 22.6. The van der Waals surface area contributed by atoms with Crippen molar-refractivity contribution >= 4 is 5.91 Å². The summed E-state index contributed by atoms with van der Waals surface area (Å²) in [5, 5.41) is 0. The van der Waals surface area contributed by atoms with Gasteiger partial charge < -0.3 is 19.1 Å². The van der Waals surface area contributed by atoms with Crippen LogP contribution in [0.25, 0.3) is 0 Å². The molecule has 0 bridgehead atoms. The minimum atomic E-state index is 0.00116. The Labute approximate surface area is 191 Å². The standard InChI is InChI=1S/C26H34N2O4/c1-30-23-13-12-21(25(16-23)31-2)17-27-14-15-32-24(18-27)19-28(22-10-6-7-11-22)26(29)20-8-4-3-5-9-20/h3-5,8-9,12-13,16,22,24H,6-7,10-11,14-15,17-19H2,1-2H3. The Morgan fingerprint density at radius 2 is 1.88 bits per heavy atom. The van der Waals surface area contributed by atoms with E-state index in [-0.39, 0.29) is 12.0 Å². The Morgan fingerprint density at radius 3 is 2.59 bits per heavy atom. The van der Waals surface area contributed by atoms with Crippen LogP contribution in [-0.4, -0.2) is 68.3 Å². The average Bonchev–Trinajstić information content (AvgIpc) is 3.38. The maximum absolute atomic E-state index is 13.4. The number of hydrogen-bond donors (Lipinski definition) is 0. The van der Waals surface area contributed by atoms with Crippen LogP contribution >= 0.6 is 0 Å². The van der Waals surface area contributed by atoms with Gasteiger partial charge in [-0.15, -0.1) is 0 Å². The lowest BCUT2D eigenvalue weighted by molar-refractivity contribution is -0.0469. The molecule has 1 aliphatic heterocycles. The smallest absolute Gasteiger partial charge is 0.254 e. The summed E-state index contributed by atoms with van der Waals surface area (Å²) >= 11 is 0. The summed E-state index contributed by atoms with van der Waals surface area (Å²) in [4.78, 5) is 17.8. The normalized spacial score (nSPS) is 19.6. The van der Waals surface area contributed by atoms with E-state index < -0.39 is 0 Å². The molecule has 1 aliphatic carbocycles. The van der Waals surface area contributed by atoms with Crippen LogP contribution in [0.4, 0.5) is 0 Å². The third-order valence-electron chi connectivity index (χ3n) is 6.56. The molecule has 1 atom stereocenters. The first-order valence-electron chi connectivity index (χ1n) is 11.6. The first-order valence-corrected chi connectivity index (χ1v) is 11.6. The molecular formula is C26H34N2O4. The molecule has 2 aromatic rings. The zero-order valence-corrected chi connectivity index (χ0v) is 19.2. The molecule has 1 amide bonds. The number of benzene rings is 2. The fourth-order valence-corrected chi connectivity index (χ4v) is 4.84. The predicted molar refractivity (Wildman–Crippen MR) is 124 cm³/mol. The number of rotatable bonds is 8. The van der Waals surface area contributed by atoms with Gasteiger partial charge >= 0.3 is 0 Å². The minimum absolute atomic E-state index is 0.00116. The summed E-state index contributed by atoms with van der Waals surface area (Å²) in [6.45, 7) is 3.74. The number of nitrogens with zero attached hydrogens (tertiary/aromatic N) is 2. The molecule has 32 heavy (non-hydrogen) atoms. The van der Waals surface area contributed by atoms with Gasteiger partial charge in [0.1, 0.15) is 11.5 Å². The minimum Gasteiger partial charge on any atom is -0.497 e. The predicted octanol–water partition coefficient (Wildman–Crippen LogP) is 3.99. The lowest BCUT2D eigenvalue weighted by Gasteiger charge is -2.38. The number of carbonyl (C=O) groups is 1. The van der Waals surface area contributed by atoms with Crippen molar-refractivity contribution in [1.29, 1.82) is 0 Å². The Morgan fingerprint density at radius 1 is 1.09 bits per heavy atom. The van der Waals surface area contributed by atoms with Gasteiger partial charge in [-0.3, -0.25) is 9.69 Å². The SMILES string of the molecule is COc1ccc(CN2CCOC(CN(C(=O)c3ccccc3)C3CCCC3)C2)c(OC)c1. The van der Waals surface area contributed by atoms with Gasteiger partial charge in [0.2, 0.25) is 0 Å². The average molecular weight is 439 g/mol. The van der Waals surface area contributed by atoms with Crippen molar-refractivity contribution in [3.05, 3.63) is 59.7 Å². The molecule has 0 spiro atoms. The van der Waals surface area contributed by atoms with Crippen LogP contribution < -0.4 is 9.47 Å². The fraction of sp³-hybridized carbons (Fsp3) is 0.500. The molecule has 6 nitrogen and oxygen atoms in total. The van der Waals surface area contributed by atoms with Crippen LogP contribution in [0.1, 0.15) is 41.6 Å². The molecule has 2 fully saturated rings. The first-order chi connectivity index (χ1) is 15.7. The molecule has 1 saturated heterocycles. The largest absolute Gasteiger partial charge is 0.497 e. The molecule has 6 heteroatoms. The summed E-state index contributed by atoms with van der Waals surface area (Å²) in [5.74, 6) is 1.74. The van der Waals surface area contributed by atoms with Gasteiger partial charge in [0.05, 0.1) is 26.9 Å². The summed E-state index contributed by atoms with van der Waals surface area (Å²) < 4.78 is 17.0. The van der Waals surface area contributed by atoms with Crippen molar-refractivity contribution in [3.8, 4) is 11.5 Å². The van der Waals surface area contributed by atoms with Crippen LogP contribution in [0.15, 0.2) is 48.5 Å². The summed E-state index contributed by atoms with van der Waals surface area (Å²) in [6.07, 6.45) is 4.55. The number of morpholine rings is 1. The summed E-state index contributed by atoms with van der Waals surface area (Å²) in [6, 6.07) is 15.9. The van der Waals surface area contributed by atoms with Crippen molar-refractivity contribution in [3.63, 3.8) is 0 Å². The fourth-order valence-electron chi connectivity index (χ4n) is 4.84. The highest BCUT2D eigenvalue weighted by Gasteiger charge is 2.31. The summed E-state index contributed by atoms with van der Waals surface area (Å²) in [5.41, 5.74) is 1.89. The van der Waals surface area contributed by atoms with E-state index >= 15 is 0 Å². The Kier molecular flexibility index (Phi) is 7.66. The van der Waals surface area contributed by atoms with Gasteiger partial charge in [-0.1, -0.05) is 37.1 Å². The van der Waals surface area contributed by atoms with Crippen LogP contribution in [0, 0.1) is 0 Å². The van der Waals surface area contributed by atoms with Gasteiger partial charge in [-0.2, -0.15) is 0 Å². The van der Waals surface area contributed by atoms with Crippen molar-refractivity contribution in [2.45, 2.75) is 44.4 Å². The van der Waals surface area contributed by atoms with E-state index in [4.69, 9.17) is 14.2 Å². The Bertz CT molecular complexity index is 883. The van der Waals surface area contributed by atoms with Gasteiger partial charge in [-0.05, 0) is 31.0 Å². The van der Waals surface area contributed by atoms with Crippen molar-refractivity contribution in [1.82, 2.24) is 9.80 Å². The number of amides is 1. The van der Waals surface area contributed by atoms with E-state index in [9.17, 15) is 4.79 Å². The third-order valence-corrected chi connectivity index (χ3v) is 6.56. The maximum atomic E-state index is 13.4. The molecule has 0 N–H and O–H groups in total. The van der Waals surface area contributed by atoms with Crippen LogP contribution in [0.2, 0.25) is 0 Å². The second-order valence-electron chi connectivity index (χ2n) is 8.67. The molecule has 0 aromatic heterocycles. The van der Waals surface area contributed by atoms with Crippen molar-refractivity contribution < 1.29 is 19.0 Å². The molecule has 1 saturated carbocycles. The van der Waals surface area contributed by atoms with E-state index in [0.717, 1.165) is 55.1 Å². The monoisotopic (exact) mass is 438 g/mol. The topological polar surface area (TPSA) is 51.2 Å². The van der Waals surface area contributed by atoms with Crippen LogP contribution in [0.3, 0.4) is 0 Å². The number of methoxy groups -OCH3 is 2. The Balaban J connectivity index is 1.44. The lowest BCUT2D eigenvalue weighted by Crippen LogP contribution is -2.50. The highest BCUT2D eigenvalue weighted by molar-refractivity contribution is 5.94. The van der Waals surface area contributed by atoms with Gasteiger partial charge in [0, 0.05) is 49.4 Å². The molecule has 1 unspecified atom stereocenters. The van der Waals surface area contributed by atoms with E-state index in [0.29, 0.717) is 19.2 Å². The number of carbonyl (C=O) groups excluding carboxylic acids is 1.